The van der Waals surface area contributed by atoms with Crippen molar-refractivity contribution in [2.24, 2.45) is 0 Å². The van der Waals surface area contributed by atoms with Crippen molar-refractivity contribution in [2.45, 2.75) is 0 Å². The summed E-state index contributed by atoms with van der Waals surface area (Å²) in [5.41, 5.74) is 1.31. The average Bonchev–Trinajstić information content (AvgIpc) is 2.71. The van der Waals surface area contributed by atoms with Crippen molar-refractivity contribution in [3.8, 4) is 11.4 Å². The lowest BCUT2D eigenvalue weighted by Gasteiger charge is -1.99. The summed E-state index contributed by atoms with van der Waals surface area (Å²) in [5, 5.41) is 24.2. The molecule has 0 atom stereocenters. The van der Waals surface area contributed by atoms with Crippen LogP contribution in [0.3, 0.4) is 0 Å². The van der Waals surface area contributed by atoms with E-state index in [1.807, 2.05) is 0 Å². The lowest BCUT2D eigenvalue weighted by atomic mass is 9.80. The number of halogens is 1. The molecule has 0 bridgehead atoms. The van der Waals surface area contributed by atoms with E-state index in [1.165, 1.54) is 6.33 Å². The zero-order valence-electron chi connectivity index (χ0n) is 7.66. The normalized spacial score (nSPS) is 9.47. The summed E-state index contributed by atoms with van der Waals surface area (Å²) >= 11 is 0. The number of nitrogens with one attached hydrogen (secondary N) is 1. The first-order valence-electron chi connectivity index (χ1n) is 4.09. The molecular weight excluding hydrogens is 216 g/mol. The highest BCUT2D eigenvalue weighted by Gasteiger charge is 2.10. The van der Waals surface area contributed by atoms with Gasteiger partial charge in [0, 0.05) is 5.56 Å². The van der Waals surface area contributed by atoms with Crippen LogP contribution in [0.15, 0.2) is 30.6 Å². The van der Waals surface area contributed by atoms with Crippen LogP contribution in [0.4, 0.5) is 0 Å². The molecule has 0 amide bonds. The van der Waals surface area contributed by atoms with Crippen LogP contribution in [-0.4, -0.2) is 32.3 Å². The molecule has 2 rings (SSSR count). The second-order valence-electron chi connectivity index (χ2n) is 2.83. The number of H-pyrrole nitrogens is 1. The smallest absolute Gasteiger partial charge is 0.423 e. The molecule has 1 heterocycles. The molecule has 0 spiro atoms. The Morgan fingerprint density at radius 1 is 1.13 bits per heavy atom. The van der Waals surface area contributed by atoms with E-state index in [1.54, 1.807) is 24.3 Å². The number of nitrogens with zero attached hydrogens (tertiary/aromatic N) is 2. The Bertz CT molecular complexity index is 404. The maximum absolute atomic E-state index is 8.86. The Morgan fingerprint density at radius 2 is 1.80 bits per heavy atom. The van der Waals surface area contributed by atoms with E-state index < -0.39 is 7.12 Å². The standard InChI is InChI=1S/C8H8BN3O2.ClH/c13-9(14)7-3-1-6(2-4-7)8-10-5-11-12-8;/h1-5,13-14H,(H,10,11,12);1H. The molecule has 0 saturated heterocycles. The van der Waals surface area contributed by atoms with Gasteiger partial charge in [0.05, 0.1) is 0 Å². The van der Waals surface area contributed by atoms with Crippen LogP contribution in [0.1, 0.15) is 0 Å². The van der Waals surface area contributed by atoms with Crippen molar-refractivity contribution in [2.75, 3.05) is 0 Å². The minimum Gasteiger partial charge on any atom is -0.423 e. The van der Waals surface area contributed by atoms with Crippen LogP contribution in [0.25, 0.3) is 11.4 Å². The summed E-state index contributed by atoms with van der Waals surface area (Å²) in [4.78, 5) is 3.97. The van der Waals surface area contributed by atoms with Gasteiger partial charge >= 0.3 is 7.12 Å². The summed E-state index contributed by atoms with van der Waals surface area (Å²) in [7, 11) is -1.43. The van der Waals surface area contributed by atoms with E-state index >= 15 is 0 Å². The first-order chi connectivity index (χ1) is 6.77. The highest BCUT2D eigenvalue weighted by Crippen LogP contribution is 2.10. The van der Waals surface area contributed by atoms with Gasteiger partial charge in [-0.1, -0.05) is 24.3 Å². The topological polar surface area (TPSA) is 82.0 Å². The molecule has 78 valence electrons. The number of aromatic nitrogens is 3. The summed E-state index contributed by atoms with van der Waals surface area (Å²) in [6.07, 6.45) is 1.42. The van der Waals surface area contributed by atoms with Crippen molar-refractivity contribution < 1.29 is 10.0 Å². The van der Waals surface area contributed by atoms with Crippen LogP contribution in [-0.2, 0) is 0 Å². The minimum absolute atomic E-state index is 0. The molecule has 0 fully saturated rings. The Balaban J connectivity index is 0.00000112. The van der Waals surface area contributed by atoms with E-state index in [4.69, 9.17) is 10.0 Å². The molecule has 7 heteroatoms. The Labute approximate surface area is 92.7 Å². The van der Waals surface area contributed by atoms with E-state index in [9.17, 15) is 0 Å². The van der Waals surface area contributed by atoms with E-state index in [2.05, 4.69) is 15.2 Å². The lowest BCUT2D eigenvalue weighted by Crippen LogP contribution is -2.29. The van der Waals surface area contributed by atoms with Gasteiger partial charge in [0.15, 0.2) is 5.82 Å². The van der Waals surface area contributed by atoms with Crippen molar-refractivity contribution >= 4 is 25.0 Å². The van der Waals surface area contributed by atoms with Crippen LogP contribution in [0.5, 0.6) is 0 Å². The molecular formula is C8H9BClN3O2. The maximum atomic E-state index is 8.86. The summed E-state index contributed by atoms with van der Waals surface area (Å²) in [6, 6.07) is 6.75. The van der Waals surface area contributed by atoms with Gasteiger partial charge < -0.3 is 10.0 Å². The predicted molar refractivity (Wildman–Crippen MR) is 58.9 cm³/mol. The highest BCUT2D eigenvalue weighted by atomic mass is 35.5. The Kier molecular flexibility index (Phi) is 3.84. The van der Waals surface area contributed by atoms with Crippen molar-refractivity contribution in [1.29, 1.82) is 0 Å². The third-order valence-corrected chi connectivity index (χ3v) is 1.90. The molecule has 0 unspecified atom stereocenters. The van der Waals surface area contributed by atoms with Crippen molar-refractivity contribution in [3.05, 3.63) is 30.6 Å². The fourth-order valence-electron chi connectivity index (χ4n) is 1.16. The first-order valence-corrected chi connectivity index (χ1v) is 4.09. The number of aromatic amines is 1. The molecule has 3 N–H and O–H groups in total. The average molecular weight is 225 g/mol. The number of rotatable bonds is 2. The predicted octanol–water partition coefficient (Wildman–Crippen LogP) is -0.427. The van der Waals surface area contributed by atoms with Crippen LogP contribution in [0.2, 0.25) is 0 Å². The molecule has 5 nitrogen and oxygen atoms in total. The van der Waals surface area contributed by atoms with Gasteiger partial charge in [-0.05, 0) is 5.46 Å². The second kappa shape index (κ2) is 4.93. The third kappa shape index (κ3) is 2.56. The largest absolute Gasteiger partial charge is 0.488 e. The molecule has 15 heavy (non-hydrogen) atoms. The molecule has 0 aliphatic carbocycles. The zero-order chi connectivity index (χ0) is 9.97. The number of hydrogen-bond acceptors (Lipinski definition) is 4. The van der Waals surface area contributed by atoms with Gasteiger partial charge in [-0.3, -0.25) is 5.10 Å². The molecule has 0 aliphatic heterocycles. The minimum atomic E-state index is -1.43. The third-order valence-electron chi connectivity index (χ3n) is 1.90. The van der Waals surface area contributed by atoms with Crippen LogP contribution >= 0.6 is 12.4 Å². The fraction of sp³-hybridized carbons (Fsp3) is 0. The van der Waals surface area contributed by atoms with E-state index in [0.29, 0.717) is 11.3 Å². The fourth-order valence-corrected chi connectivity index (χ4v) is 1.16. The molecule has 1 aromatic heterocycles. The van der Waals surface area contributed by atoms with Crippen LogP contribution < -0.4 is 5.46 Å². The van der Waals surface area contributed by atoms with Crippen molar-refractivity contribution in [3.63, 3.8) is 0 Å². The second-order valence-corrected chi connectivity index (χ2v) is 2.83. The van der Waals surface area contributed by atoms with Gasteiger partial charge in [0.25, 0.3) is 0 Å². The molecule has 0 saturated carbocycles. The van der Waals surface area contributed by atoms with Crippen molar-refractivity contribution in [1.82, 2.24) is 15.2 Å². The number of hydrogen-bond donors (Lipinski definition) is 3. The van der Waals surface area contributed by atoms with Gasteiger partial charge in [-0.2, -0.15) is 5.10 Å². The SMILES string of the molecule is Cl.OB(O)c1ccc(-c2ncn[nH]2)cc1. The summed E-state index contributed by atoms with van der Waals surface area (Å²) in [5.74, 6) is 0.656. The summed E-state index contributed by atoms with van der Waals surface area (Å²) < 4.78 is 0. The molecule has 2 aromatic rings. The van der Waals surface area contributed by atoms with Crippen LogP contribution in [0, 0.1) is 0 Å². The molecule has 0 aliphatic rings. The van der Waals surface area contributed by atoms with Gasteiger partial charge in [0.2, 0.25) is 0 Å². The maximum Gasteiger partial charge on any atom is 0.488 e. The first kappa shape index (κ1) is 11.7. The zero-order valence-corrected chi connectivity index (χ0v) is 8.48. The van der Waals surface area contributed by atoms with Gasteiger partial charge in [0.1, 0.15) is 6.33 Å². The molecule has 1 aromatic carbocycles. The van der Waals surface area contributed by atoms with Gasteiger partial charge in [-0.25, -0.2) is 4.98 Å². The summed E-state index contributed by atoms with van der Waals surface area (Å²) in [6.45, 7) is 0. The Morgan fingerprint density at radius 3 is 2.27 bits per heavy atom. The monoisotopic (exact) mass is 225 g/mol. The number of benzene rings is 1. The van der Waals surface area contributed by atoms with Gasteiger partial charge in [-0.15, -0.1) is 12.4 Å². The Hall–Kier alpha value is -1.37. The highest BCUT2D eigenvalue weighted by molar-refractivity contribution is 6.58. The quantitative estimate of drug-likeness (QED) is 0.606. The molecule has 0 radical (unpaired) electrons. The van der Waals surface area contributed by atoms with E-state index in [-0.39, 0.29) is 12.4 Å². The van der Waals surface area contributed by atoms with E-state index in [0.717, 1.165) is 5.56 Å². The lowest BCUT2D eigenvalue weighted by molar-refractivity contribution is 0.426.